The van der Waals surface area contributed by atoms with Crippen LogP contribution in [0.1, 0.15) is 36.5 Å². The third kappa shape index (κ3) is 2.57. The van der Waals surface area contributed by atoms with Crippen molar-refractivity contribution in [3.8, 4) is 0 Å². The Labute approximate surface area is 102 Å². The van der Waals surface area contributed by atoms with Crippen LogP contribution in [0.3, 0.4) is 0 Å². The summed E-state index contributed by atoms with van der Waals surface area (Å²) in [5.74, 6) is 1.19. The van der Waals surface area contributed by atoms with Crippen molar-refractivity contribution in [2.75, 3.05) is 12.4 Å². The fraction of sp³-hybridized carbons (Fsp3) is 0.538. The summed E-state index contributed by atoms with van der Waals surface area (Å²) in [6.45, 7) is 2.19. The first-order valence-electron chi connectivity index (χ1n) is 6.16. The van der Waals surface area contributed by atoms with E-state index in [-0.39, 0.29) is 5.91 Å². The number of hydrogen-bond donors (Lipinski definition) is 2. The summed E-state index contributed by atoms with van der Waals surface area (Å²) in [7, 11) is 1.78. The highest BCUT2D eigenvalue weighted by Crippen LogP contribution is 2.25. The third-order valence-corrected chi connectivity index (χ3v) is 3.47. The predicted molar refractivity (Wildman–Crippen MR) is 68.1 cm³/mol. The summed E-state index contributed by atoms with van der Waals surface area (Å²) in [5, 5.41) is 6.04. The van der Waals surface area contributed by atoms with E-state index in [2.05, 4.69) is 22.5 Å². The Balaban J connectivity index is 2.09. The second-order valence-corrected chi connectivity index (χ2v) is 4.64. The molecule has 1 aromatic heterocycles. The number of amides is 1. The lowest BCUT2D eigenvalue weighted by molar-refractivity contribution is 0.0930. The summed E-state index contributed by atoms with van der Waals surface area (Å²) in [4.78, 5) is 16.3. The van der Waals surface area contributed by atoms with Crippen molar-refractivity contribution in [1.82, 2.24) is 10.3 Å². The Bertz CT molecular complexity index is 405. The minimum absolute atomic E-state index is 0.0267. The van der Waals surface area contributed by atoms with Gasteiger partial charge in [-0.3, -0.25) is 4.79 Å². The number of rotatable bonds is 3. The molecule has 17 heavy (non-hydrogen) atoms. The Morgan fingerprint density at radius 2 is 2.29 bits per heavy atom. The Morgan fingerprint density at radius 3 is 2.94 bits per heavy atom. The first kappa shape index (κ1) is 11.9. The van der Waals surface area contributed by atoms with Gasteiger partial charge in [-0.2, -0.15) is 0 Å². The van der Waals surface area contributed by atoms with Crippen LogP contribution in [-0.4, -0.2) is 24.0 Å². The van der Waals surface area contributed by atoms with Gasteiger partial charge in [-0.05, 0) is 30.9 Å². The summed E-state index contributed by atoms with van der Waals surface area (Å²) in [6, 6.07) is 3.90. The van der Waals surface area contributed by atoms with E-state index >= 15 is 0 Å². The van der Waals surface area contributed by atoms with Crippen molar-refractivity contribution in [1.29, 1.82) is 0 Å². The molecule has 1 aliphatic rings. The highest BCUT2D eigenvalue weighted by atomic mass is 16.1. The van der Waals surface area contributed by atoms with E-state index in [1.807, 2.05) is 0 Å². The molecule has 0 aliphatic heterocycles. The highest BCUT2D eigenvalue weighted by molar-refractivity contribution is 5.98. The van der Waals surface area contributed by atoms with Gasteiger partial charge >= 0.3 is 0 Å². The van der Waals surface area contributed by atoms with Gasteiger partial charge in [0.1, 0.15) is 5.82 Å². The lowest BCUT2D eigenvalue weighted by Gasteiger charge is -2.18. The van der Waals surface area contributed by atoms with E-state index in [4.69, 9.17) is 0 Å². The molecule has 0 aromatic carbocycles. The highest BCUT2D eigenvalue weighted by Gasteiger charge is 2.25. The van der Waals surface area contributed by atoms with Crippen molar-refractivity contribution in [2.24, 2.45) is 5.92 Å². The minimum Gasteiger partial charge on any atom is -0.372 e. The number of pyridine rings is 1. The molecule has 0 saturated heterocycles. The molecule has 0 spiro atoms. The van der Waals surface area contributed by atoms with E-state index < -0.39 is 0 Å². The number of nitrogens with zero attached hydrogens (tertiary/aromatic N) is 1. The zero-order valence-corrected chi connectivity index (χ0v) is 10.4. The van der Waals surface area contributed by atoms with Gasteiger partial charge in [0.05, 0.1) is 5.56 Å². The molecule has 1 heterocycles. The van der Waals surface area contributed by atoms with E-state index in [9.17, 15) is 4.79 Å². The largest absolute Gasteiger partial charge is 0.372 e. The molecular weight excluding hydrogens is 214 g/mol. The van der Waals surface area contributed by atoms with Gasteiger partial charge in [0.15, 0.2) is 0 Å². The van der Waals surface area contributed by atoms with Gasteiger partial charge in [0, 0.05) is 19.3 Å². The van der Waals surface area contributed by atoms with Crippen LogP contribution in [0.4, 0.5) is 5.82 Å². The molecule has 0 bridgehead atoms. The number of anilines is 1. The number of carbonyl (C=O) groups is 1. The van der Waals surface area contributed by atoms with E-state index in [0.717, 1.165) is 6.42 Å². The quantitative estimate of drug-likeness (QED) is 0.840. The summed E-state index contributed by atoms with van der Waals surface area (Å²) in [5.41, 5.74) is 0.620. The lowest BCUT2D eigenvalue weighted by Crippen LogP contribution is -2.36. The first-order valence-corrected chi connectivity index (χ1v) is 6.16. The number of nitrogens with one attached hydrogen (secondary N) is 2. The van der Waals surface area contributed by atoms with Gasteiger partial charge in [-0.1, -0.05) is 13.3 Å². The zero-order valence-electron chi connectivity index (χ0n) is 10.4. The van der Waals surface area contributed by atoms with Crippen molar-refractivity contribution in [3.05, 3.63) is 23.9 Å². The van der Waals surface area contributed by atoms with Crippen LogP contribution >= 0.6 is 0 Å². The second kappa shape index (κ2) is 5.17. The summed E-state index contributed by atoms with van der Waals surface area (Å²) in [6.07, 6.45) is 5.18. The van der Waals surface area contributed by atoms with Gasteiger partial charge in [0.25, 0.3) is 5.91 Å². The number of carbonyl (C=O) groups excluding carboxylic acids is 1. The molecule has 2 atom stereocenters. The maximum Gasteiger partial charge on any atom is 0.255 e. The van der Waals surface area contributed by atoms with Crippen LogP contribution in [0.25, 0.3) is 0 Å². The molecule has 0 radical (unpaired) electrons. The van der Waals surface area contributed by atoms with Crippen LogP contribution in [0.5, 0.6) is 0 Å². The van der Waals surface area contributed by atoms with E-state index in [1.165, 1.54) is 12.8 Å². The molecule has 1 fully saturated rings. The molecule has 2 unspecified atom stereocenters. The molecule has 92 valence electrons. The second-order valence-electron chi connectivity index (χ2n) is 4.64. The van der Waals surface area contributed by atoms with Crippen molar-refractivity contribution in [2.45, 2.75) is 32.2 Å². The van der Waals surface area contributed by atoms with Gasteiger partial charge < -0.3 is 10.6 Å². The predicted octanol–water partition coefficient (Wildman–Crippen LogP) is 2.04. The van der Waals surface area contributed by atoms with Gasteiger partial charge in [-0.15, -0.1) is 0 Å². The SMILES string of the molecule is CNc1ncccc1C(=O)NC1CCCC1C. The zero-order chi connectivity index (χ0) is 12.3. The molecular formula is C13H19N3O. The average Bonchev–Trinajstić information content (AvgIpc) is 2.75. The van der Waals surface area contributed by atoms with Crippen LogP contribution in [0.2, 0.25) is 0 Å². The number of hydrogen-bond acceptors (Lipinski definition) is 3. The first-order chi connectivity index (χ1) is 8.22. The van der Waals surface area contributed by atoms with Crippen LogP contribution in [0, 0.1) is 5.92 Å². The number of aromatic nitrogens is 1. The molecule has 1 amide bonds. The molecule has 4 heteroatoms. The smallest absolute Gasteiger partial charge is 0.255 e. The maximum absolute atomic E-state index is 12.1. The lowest BCUT2D eigenvalue weighted by atomic mass is 10.1. The van der Waals surface area contributed by atoms with Crippen LogP contribution in [-0.2, 0) is 0 Å². The van der Waals surface area contributed by atoms with E-state index in [0.29, 0.717) is 23.3 Å². The van der Waals surface area contributed by atoms with Gasteiger partial charge in [0.2, 0.25) is 0 Å². The Kier molecular flexibility index (Phi) is 3.61. The molecule has 2 N–H and O–H groups in total. The molecule has 2 rings (SSSR count). The van der Waals surface area contributed by atoms with Crippen LogP contribution in [0.15, 0.2) is 18.3 Å². The summed E-state index contributed by atoms with van der Waals surface area (Å²) < 4.78 is 0. The Hall–Kier alpha value is -1.58. The standard InChI is InChI=1S/C13H19N3O/c1-9-5-3-7-11(9)16-13(17)10-6-4-8-15-12(10)14-2/h4,6,8-9,11H,3,5,7H2,1-2H3,(H,14,15)(H,16,17). The molecule has 1 aromatic rings. The minimum atomic E-state index is -0.0267. The molecule has 1 saturated carbocycles. The van der Waals surface area contributed by atoms with E-state index in [1.54, 1.807) is 25.4 Å². The fourth-order valence-electron chi connectivity index (χ4n) is 2.39. The fourth-order valence-corrected chi connectivity index (χ4v) is 2.39. The van der Waals surface area contributed by atoms with Crippen LogP contribution < -0.4 is 10.6 Å². The monoisotopic (exact) mass is 233 g/mol. The third-order valence-electron chi connectivity index (χ3n) is 3.47. The van der Waals surface area contributed by atoms with Crippen molar-refractivity contribution < 1.29 is 4.79 Å². The maximum atomic E-state index is 12.1. The molecule has 4 nitrogen and oxygen atoms in total. The average molecular weight is 233 g/mol. The topological polar surface area (TPSA) is 54.0 Å². The summed E-state index contributed by atoms with van der Waals surface area (Å²) >= 11 is 0. The van der Waals surface area contributed by atoms with Crippen molar-refractivity contribution >= 4 is 11.7 Å². The van der Waals surface area contributed by atoms with Gasteiger partial charge in [-0.25, -0.2) is 4.98 Å². The van der Waals surface area contributed by atoms with Crippen molar-refractivity contribution in [3.63, 3.8) is 0 Å². The normalized spacial score (nSPS) is 23.4. The Morgan fingerprint density at radius 1 is 1.47 bits per heavy atom. The molecule has 1 aliphatic carbocycles.